The minimum Gasteiger partial charge on any atom is -0.490 e. The first-order valence-corrected chi connectivity index (χ1v) is 6.58. The highest BCUT2D eigenvalue weighted by Crippen LogP contribution is 2.20. The lowest BCUT2D eigenvalue weighted by Gasteiger charge is -2.10. The van der Waals surface area contributed by atoms with Gasteiger partial charge in [0.05, 0.1) is 0 Å². The SMILES string of the molecule is NC(=S)c1cccc(OCCOc2c(F)cccc2F)c1. The van der Waals surface area contributed by atoms with Crippen molar-refractivity contribution in [2.24, 2.45) is 5.73 Å². The highest BCUT2D eigenvalue weighted by Gasteiger charge is 2.09. The van der Waals surface area contributed by atoms with E-state index in [1.807, 2.05) is 0 Å². The zero-order chi connectivity index (χ0) is 15.2. The number of rotatable bonds is 6. The molecule has 0 aliphatic rings. The average Bonchev–Trinajstić information content (AvgIpc) is 2.46. The molecule has 0 aliphatic carbocycles. The fraction of sp³-hybridized carbons (Fsp3) is 0.133. The lowest BCUT2D eigenvalue weighted by Crippen LogP contribution is -2.12. The summed E-state index contributed by atoms with van der Waals surface area (Å²) >= 11 is 4.86. The number of hydrogen-bond acceptors (Lipinski definition) is 3. The number of hydrogen-bond donors (Lipinski definition) is 1. The number of ether oxygens (including phenoxy) is 2. The fourth-order valence-electron chi connectivity index (χ4n) is 1.66. The van der Waals surface area contributed by atoms with Gasteiger partial charge < -0.3 is 15.2 Å². The Morgan fingerprint density at radius 2 is 1.62 bits per heavy atom. The Balaban J connectivity index is 1.88. The summed E-state index contributed by atoms with van der Waals surface area (Å²) in [5, 5.41) is 0. The zero-order valence-electron chi connectivity index (χ0n) is 11.0. The zero-order valence-corrected chi connectivity index (χ0v) is 11.8. The summed E-state index contributed by atoms with van der Waals surface area (Å²) in [5.41, 5.74) is 6.20. The van der Waals surface area contributed by atoms with E-state index in [1.54, 1.807) is 24.3 Å². The van der Waals surface area contributed by atoms with Crippen molar-refractivity contribution in [3.05, 3.63) is 59.7 Å². The summed E-state index contributed by atoms with van der Waals surface area (Å²) in [6, 6.07) is 10.5. The number of para-hydroxylation sites is 1. The van der Waals surface area contributed by atoms with Gasteiger partial charge in [-0.1, -0.05) is 30.4 Å². The number of thiocarbonyl (C=S) groups is 1. The summed E-state index contributed by atoms with van der Waals surface area (Å²) in [6.07, 6.45) is 0. The van der Waals surface area contributed by atoms with Crippen LogP contribution in [0.2, 0.25) is 0 Å². The predicted molar refractivity (Wildman–Crippen MR) is 79.7 cm³/mol. The molecule has 0 aliphatic heterocycles. The molecule has 0 heterocycles. The lowest BCUT2D eigenvalue weighted by atomic mass is 10.2. The molecule has 0 radical (unpaired) electrons. The quantitative estimate of drug-likeness (QED) is 0.658. The molecular weight excluding hydrogens is 296 g/mol. The third-order valence-electron chi connectivity index (χ3n) is 2.64. The molecule has 0 saturated carbocycles. The first kappa shape index (κ1) is 15.2. The van der Waals surface area contributed by atoms with Crippen LogP contribution in [-0.2, 0) is 0 Å². The van der Waals surface area contributed by atoms with Crippen molar-refractivity contribution in [3.8, 4) is 11.5 Å². The predicted octanol–water partition coefficient (Wildman–Crippen LogP) is 3.06. The Morgan fingerprint density at radius 3 is 2.29 bits per heavy atom. The van der Waals surface area contributed by atoms with Crippen molar-refractivity contribution in [1.82, 2.24) is 0 Å². The molecule has 0 bridgehead atoms. The number of benzene rings is 2. The van der Waals surface area contributed by atoms with E-state index >= 15 is 0 Å². The smallest absolute Gasteiger partial charge is 0.190 e. The first-order chi connectivity index (χ1) is 10.1. The summed E-state index contributed by atoms with van der Waals surface area (Å²) in [4.78, 5) is 0.269. The second kappa shape index (κ2) is 6.99. The highest BCUT2D eigenvalue weighted by molar-refractivity contribution is 7.80. The third kappa shape index (κ3) is 4.13. The topological polar surface area (TPSA) is 44.5 Å². The highest BCUT2D eigenvalue weighted by atomic mass is 32.1. The summed E-state index contributed by atoms with van der Waals surface area (Å²) < 4.78 is 37.1. The maximum Gasteiger partial charge on any atom is 0.190 e. The summed E-state index contributed by atoms with van der Waals surface area (Å²) in [5.74, 6) is -1.34. The molecule has 0 unspecified atom stereocenters. The molecule has 2 aromatic rings. The van der Waals surface area contributed by atoms with Gasteiger partial charge in [-0.05, 0) is 24.3 Å². The Kier molecular flexibility index (Phi) is 5.05. The molecule has 0 saturated heterocycles. The normalized spacial score (nSPS) is 10.2. The van der Waals surface area contributed by atoms with Gasteiger partial charge >= 0.3 is 0 Å². The van der Waals surface area contributed by atoms with Crippen LogP contribution in [0.5, 0.6) is 11.5 Å². The van der Waals surface area contributed by atoms with Crippen LogP contribution in [-0.4, -0.2) is 18.2 Å². The van der Waals surface area contributed by atoms with E-state index in [-0.39, 0.29) is 18.2 Å². The molecule has 6 heteroatoms. The molecule has 0 fully saturated rings. The minimum atomic E-state index is -0.745. The minimum absolute atomic E-state index is 0.00908. The molecule has 2 rings (SSSR count). The van der Waals surface area contributed by atoms with Gasteiger partial charge in [0.2, 0.25) is 0 Å². The van der Waals surface area contributed by atoms with Crippen molar-refractivity contribution in [3.63, 3.8) is 0 Å². The van der Waals surface area contributed by atoms with Gasteiger partial charge in [-0.25, -0.2) is 8.78 Å². The molecular formula is C15H13F2NO2S. The fourth-order valence-corrected chi connectivity index (χ4v) is 1.79. The Morgan fingerprint density at radius 1 is 1.00 bits per heavy atom. The van der Waals surface area contributed by atoms with E-state index in [0.29, 0.717) is 11.3 Å². The Labute approximate surface area is 126 Å². The largest absolute Gasteiger partial charge is 0.490 e. The summed E-state index contributed by atoms with van der Waals surface area (Å²) in [7, 11) is 0. The monoisotopic (exact) mass is 309 g/mol. The maximum atomic E-state index is 13.3. The van der Waals surface area contributed by atoms with Crippen LogP contribution in [0, 0.1) is 11.6 Å². The molecule has 2 aromatic carbocycles. The Hall–Kier alpha value is -2.21. The van der Waals surface area contributed by atoms with Crippen molar-refractivity contribution >= 4 is 17.2 Å². The van der Waals surface area contributed by atoms with Crippen LogP contribution in [0.25, 0.3) is 0 Å². The maximum absolute atomic E-state index is 13.3. The van der Waals surface area contributed by atoms with Crippen LogP contribution in [0.4, 0.5) is 8.78 Å². The van der Waals surface area contributed by atoms with Gasteiger partial charge in [0, 0.05) is 5.56 Å². The van der Waals surface area contributed by atoms with Crippen molar-refractivity contribution in [2.75, 3.05) is 13.2 Å². The summed E-state index contributed by atoms with van der Waals surface area (Å²) in [6.45, 7) is 0.143. The van der Waals surface area contributed by atoms with Crippen LogP contribution in [0.15, 0.2) is 42.5 Å². The third-order valence-corrected chi connectivity index (χ3v) is 2.87. The average molecular weight is 309 g/mol. The van der Waals surface area contributed by atoms with Crippen LogP contribution >= 0.6 is 12.2 Å². The molecule has 21 heavy (non-hydrogen) atoms. The van der Waals surface area contributed by atoms with E-state index in [9.17, 15) is 8.78 Å². The van der Waals surface area contributed by atoms with Gasteiger partial charge in [0.1, 0.15) is 24.0 Å². The van der Waals surface area contributed by atoms with Gasteiger partial charge in [0.25, 0.3) is 0 Å². The van der Waals surface area contributed by atoms with Crippen molar-refractivity contribution < 1.29 is 18.3 Å². The molecule has 0 spiro atoms. The van der Waals surface area contributed by atoms with Crippen LogP contribution < -0.4 is 15.2 Å². The van der Waals surface area contributed by atoms with Crippen molar-refractivity contribution in [2.45, 2.75) is 0 Å². The van der Waals surface area contributed by atoms with E-state index in [1.165, 1.54) is 6.07 Å². The standard InChI is InChI=1S/C15H13F2NO2S/c16-12-5-2-6-13(17)14(12)20-8-7-19-11-4-1-3-10(9-11)15(18)21/h1-6,9H,7-8H2,(H2,18,21). The molecule has 0 amide bonds. The second-order valence-electron chi connectivity index (χ2n) is 4.14. The molecule has 2 N–H and O–H groups in total. The number of nitrogens with two attached hydrogens (primary N) is 1. The van der Waals surface area contributed by atoms with Gasteiger partial charge in [-0.15, -0.1) is 0 Å². The van der Waals surface area contributed by atoms with E-state index < -0.39 is 17.4 Å². The van der Waals surface area contributed by atoms with Gasteiger partial charge in [-0.2, -0.15) is 0 Å². The molecule has 3 nitrogen and oxygen atoms in total. The van der Waals surface area contributed by atoms with Gasteiger partial charge in [0.15, 0.2) is 17.4 Å². The lowest BCUT2D eigenvalue weighted by molar-refractivity contribution is 0.205. The first-order valence-electron chi connectivity index (χ1n) is 6.17. The van der Waals surface area contributed by atoms with E-state index in [0.717, 1.165) is 12.1 Å². The van der Waals surface area contributed by atoms with Crippen LogP contribution in [0.1, 0.15) is 5.56 Å². The van der Waals surface area contributed by atoms with E-state index in [2.05, 4.69) is 0 Å². The molecule has 110 valence electrons. The Bertz CT molecular complexity index is 629. The van der Waals surface area contributed by atoms with Crippen LogP contribution in [0.3, 0.4) is 0 Å². The second-order valence-corrected chi connectivity index (χ2v) is 4.58. The van der Waals surface area contributed by atoms with E-state index in [4.69, 9.17) is 27.4 Å². The van der Waals surface area contributed by atoms with Crippen molar-refractivity contribution in [1.29, 1.82) is 0 Å². The molecule has 0 atom stereocenters. The molecule has 0 aromatic heterocycles. The van der Waals surface area contributed by atoms with Gasteiger partial charge in [-0.3, -0.25) is 0 Å². The number of halogens is 2.